The fourth-order valence-electron chi connectivity index (χ4n) is 13.3. The van der Waals surface area contributed by atoms with Gasteiger partial charge in [-0.1, -0.05) is 184 Å². The molecule has 0 N–H and O–H groups in total. The molecule has 66 heavy (non-hydrogen) atoms. The number of hydrogen-bond donors (Lipinski definition) is 0. The van der Waals surface area contributed by atoms with Gasteiger partial charge in [0.1, 0.15) is 0 Å². The summed E-state index contributed by atoms with van der Waals surface area (Å²) in [6, 6.07) is 63.7. The van der Waals surface area contributed by atoms with Crippen LogP contribution >= 0.6 is 0 Å². The highest BCUT2D eigenvalue weighted by Gasteiger charge is 2.49. The third-order valence-electron chi connectivity index (χ3n) is 16.6. The lowest BCUT2D eigenvalue weighted by Gasteiger charge is -2.37. The molecule has 1 heterocycles. The summed E-state index contributed by atoms with van der Waals surface area (Å²) >= 11 is 0. The normalized spacial score (nSPS) is 18.6. The van der Waals surface area contributed by atoms with E-state index < -0.39 is 0 Å². The van der Waals surface area contributed by atoms with E-state index >= 15 is 0 Å². The van der Waals surface area contributed by atoms with Gasteiger partial charge in [-0.3, -0.25) is 0 Å². The van der Waals surface area contributed by atoms with Crippen LogP contribution in [0, 0.1) is 0 Å². The van der Waals surface area contributed by atoms with E-state index in [1.807, 2.05) is 0 Å². The lowest BCUT2D eigenvalue weighted by molar-refractivity contribution is 0.350. The van der Waals surface area contributed by atoms with Gasteiger partial charge < -0.3 is 0 Å². The van der Waals surface area contributed by atoms with E-state index in [-0.39, 0.29) is 10.8 Å². The van der Waals surface area contributed by atoms with Crippen molar-refractivity contribution in [1.82, 2.24) is 9.97 Å². The lowest BCUT2D eigenvalue weighted by atomic mass is 9.66. The van der Waals surface area contributed by atoms with E-state index in [0.717, 1.165) is 53.2 Å². The molecule has 1 atom stereocenters. The minimum atomic E-state index is 0.121. The Balaban J connectivity index is 0.808. The Labute approximate surface area is 390 Å². The average Bonchev–Trinajstić information content (AvgIpc) is 3.80. The zero-order valence-electron chi connectivity index (χ0n) is 37.9. The molecule has 322 valence electrons. The molecule has 13 rings (SSSR count). The van der Waals surface area contributed by atoms with Crippen LogP contribution in [0.25, 0.3) is 72.9 Å². The van der Waals surface area contributed by atoms with E-state index in [4.69, 9.17) is 9.97 Å². The Bertz CT molecular complexity index is 3160. The summed E-state index contributed by atoms with van der Waals surface area (Å²) in [5.74, 6) is 1.22. The van der Waals surface area contributed by atoms with Crippen LogP contribution in [-0.2, 0) is 10.8 Å². The maximum atomic E-state index is 5.21. The van der Waals surface area contributed by atoms with Crippen LogP contribution in [0.3, 0.4) is 0 Å². The third kappa shape index (κ3) is 6.51. The molecule has 8 aromatic rings. The SMILES string of the molecule is C1=C(c2ccc3c(c2)C2(CCCCC2)c2cc4c(cc2-3)C2(CCCCC2)c2ccccc2-4)CCC(c2cccc(-c3cc(-c4ccc(-c5ccccc5)cc4)nc(-c4ccccc4)n3)c2)C1. The first-order valence-corrected chi connectivity index (χ1v) is 25.0. The van der Waals surface area contributed by atoms with E-state index in [0.29, 0.717) is 5.92 Å². The van der Waals surface area contributed by atoms with E-state index in [9.17, 15) is 0 Å². The largest absolute Gasteiger partial charge is 0.228 e. The van der Waals surface area contributed by atoms with Crippen molar-refractivity contribution < 1.29 is 0 Å². The van der Waals surface area contributed by atoms with Gasteiger partial charge in [-0.2, -0.15) is 0 Å². The summed E-state index contributed by atoms with van der Waals surface area (Å²) in [4.78, 5) is 10.3. The fourth-order valence-corrected chi connectivity index (χ4v) is 13.3. The summed E-state index contributed by atoms with van der Waals surface area (Å²) in [6.07, 6.45) is 19.0. The molecule has 7 aromatic carbocycles. The first-order chi connectivity index (χ1) is 32.6. The quantitative estimate of drug-likeness (QED) is 0.167. The number of fused-ring (bicyclic) bond motifs is 10. The predicted molar refractivity (Wildman–Crippen MR) is 273 cm³/mol. The zero-order valence-corrected chi connectivity index (χ0v) is 37.9. The molecule has 0 radical (unpaired) electrons. The van der Waals surface area contributed by atoms with Crippen molar-refractivity contribution in [3.8, 4) is 67.3 Å². The van der Waals surface area contributed by atoms with Crippen molar-refractivity contribution in [3.05, 3.63) is 209 Å². The van der Waals surface area contributed by atoms with Crippen molar-refractivity contribution in [2.75, 3.05) is 0 Å². The van der Waals surface area contributed by atoms with Crippen molar-refractivity contribution in [2.24, 2.45) is 0 Å². The highest BCUT2D eigenvalue weighted by molar-refractivity contribution is 5.91. The minimum absolute atomic E-state index is 0.121. The summed E-state index contributed by atoms with van der Waals surface area (Å²) in [5, 5.41) is 0. The number of allylic oxidation sites excluding steroid dienone is 2. The molecule has 1 unspecified atom stereocenters. The van der Waals surface area contributed by atoms with Gasteiger partial charge in [0, 0.05) is 27.5 Å². The molecule has 0 bridgehead atoms. The second kappa shape index (κ2) is 16.1. The van der Waals surface area contributed by atoms with Crippen molar-refractivity contribution in [2.45, 2.75) is 100 Å². The minimum Gasteiger partial charge on any atom is -0.228 e. The molecule has 5 aliphatic carbocycles. The summed E-state index contributed by atoms with van der Waals surface area (Å²) in [7, 11) is 0. The van der Waals surface area contributed by atoms with Crippen molar-refractivity contribution in [3.63, 3.8) is 0 Å². The number of benzene rings is 7. The van der Waals surface area contributed by atoms with Gasteiger partial charge in [-0.15, -0.1) is 0 Å². The molecule has 2 heteroatoms. The van der Waals surface area contributed by atoms with Crippen LogP contribution in [0.15, 0.2) is 176 Å². The number of rotatable bonds is 6. The molecule has 2 fully saturated rings. The molecule has 5 aliphatic rings. The Morgan fingerprint density at radius 3 is 1.61 bits per heavy atom. The Kier molecular flexibility index (Phi) is 9.66. The van der Waals surface area contributed by atoms with Crippen LogP contribution in [0.2, 0.25) is 0 Å². The molecule has 2 spiro atoms. The standard InChI is InChI=1S/C64H56N2/c1-5-16-43(17-6-1)44-28-30-47(31-29-44)60-42-61(66-62(65-60)48-18-7-2-8-19-48)51-21-15-20-49(38-51)45-24-26-46(27-25-45)50-32-33-53-55-41-58-54(40-59(55)64(57(53)39-50)36-13-4-14-37-64)52-22-9-10-23-56(52)63(58)34-11-3-12-35-63/h1-2,5-10,15-23,26,28-33,38-42,45H,3-4,11-14,24-25,27,34-37H2. The van der Waals surface area contributed by atoms with Crippen LogP contribution in [0.5, 0.6) is 0 Å². The van der Waals surface area contributed by atoms with Gasteiger partial charge in [-0.05, 0) is 154 Å². The molecule has 2 saturated carbocycles. The fraction of sp³-hybridized carbons (Fsp3) is 0.250. The second-order valence-electron chi connectivity index (χ2n) is 20.1. The molecule has 2 nitrogen and oxygen atoms in total. The third-order valence-corrected chi connectivity index (χ3v) is 16.6. The Morgan fingerprint density at radius 2 is 0.924 bits per heavy atom. The van der Waals surface area contributed by atoms with Crippen molar-refractivity contribution >= 4 is 5.57 Å². The van der Waals surface area contributed by atoms with Crippen LogP contribution < -0.4 is 0 Å². The van der Waals surface area contributed by atoms with E-state index in [1.165, 1.54) is 103 Å². The Morgan fingerprint density at radius 1 is 0.379 bits per heavy atom. The number of hydrogen-bond acceptors (Lipinski definition) is 2. The van der Waals surface area contributed by atoms with Gasteiger partial charge in [0.05, 0.1) is 11.4 Å². The smallest absolute Gasteiger partial charge is 0.160 e. The van der Waals surface area contributed by atoms with Gasteiger partial charge in [0.2, 0.25) is 0 Å². The first kappa shape index (κ1) is 39.7. The highest BCUT2D eigenvalue weighted by Crippen LogP contribution is 2.62. The van der Waals surface area contributed by atoms with E-state index in [2.05, 4.69) is 176 Å². The zero-order chi connectivity index (χ0) is 43.7. The van der Waals surface area contributed by atoms with Gasteiger partial charge in [0.25, 0.3) is 0 Å². The monoisotopic (exact) mass is 852 g/mol. The van der Waals surface area contributed by atoms with Crippen LogP contribution in [0.1, 0.15) is 123 Å². The maximum absolute atomic E-state index is 5.21. The summed E-state index contributed by atoms with van der Waals surface area (Å²) in [5.41, 5.74) is 24.8. The molecule has 0 aliphatic heterocycles. The van der Waals surface area contributed by atoms with Gasteiger partial charge >= 0.3 is 0 Å². The molecule has 0 amide bonds. The highest BCUT2D eigenvalue weighted by atomic mass is 14.9. The first-order valence-electron chi connectivity index (χ1n) is 25.0. The molecular formula is C64H56N2. The predicted octanol–water partition coefficient (Wildman–Crippen LogP) is 17.0. The number of nitrogens with zero attached hydrogens (tertiary/aromatic N) is 2. The van der Waals surface area contributed by atoms with Gasteiger partial charge in [-0.25, -0.2) is 9.97 Å². The van der Waals surface area contributed by atoms with Crippen molar-refractivity contribution in [1.29, 1.82) is 0 Å². The Hall–Kier alpha value is -6.64. The van der Waals surface area contributed by atoms with Crippen LogP contribution in [0.4, 0.5) is 0 Å². The topological polar surface area (TPSA) is 25.8 Å². The van der Waals surface area contributed by atoms with E-state index in [1.54, 1.807) is 33.4 Å². The number of aromatic nitrogens is 2. The average molecular weight is 853 g/mol. The molecular weight excluding hydrogens is 797 g/mol. The summed E-state index contributed by atoms with van der Waals surface area (Å²) < 4.78 is 0. The maximum Gasteiger partial charge on any atom is 0.160 e. The second-order valence-corrected chi connectivity index (χ2v) is 20.1. The van der Waals surface area contributed by atoms with Crippen LogP contribution in [-0.4, -0.2) is 9.97 Å². The summed E-state index contributed by atoms with van der Waals surface area (Å²) in [6.45, 7) is 0. The molecule has 1 aromatic heterocycles. The molecule has 0 saturated heterocycles. The van der Waals surface area contributed by atoms with Gasteiger partial charge in [0.15, 0.2) is 5.82 Å². The lowest BCUT2D eigenvalue weighted by Crippen LogP contribution is -2.29.